The molecule has 0 aliphatic heterocycles. The lowest BCUT2D eigenvalue weighted by Crippen LogP contribution is -2.19. The Labute approximate surface area is 92.6 Å². The molecule has 0 aromatic heterocycles. The highest BCUT2D eigenvalue weighted by atomic mass is 35.5. The van der Waals surface area contributed by atoms with Gasteiger partial charge in [0.2, 0.25) is 0 Å². The van der Waals surface area contributed by atoms with Gasteiger partial charge in [-0.3, -0.25) is 0 Å². The second-order valence-electron chi connectivity index (χ2n) is 4.07. The van der Waals surface area contributed by atoms with Crippen LogP contribution in [0.1, 0.15) is 39.5 Å². The number of hydrogen-bond acceptors (Lipinski definition) is 2. The van der Waals surface area contributed by atoms with E-state index < -0.39 is 0 Å². The third kappa shape index (κ3) is 8.79. The van der Waals surface area contributed by atoms with Gasteiger partial charge in [0, 0.05) is 6.61 Å². The van der Waals surface area contributed by atoms with Crippen molar-refractivity contribution < 1.29 is 9.84 Å². The summed E-state index contributed by atoms with van der Waals surface area (Å²) in [5, 5.41) is 8.79. The highest BCUT2D eigenvalue weighted by molar-refractivity contribution is 6.18. The van der Waals surface area contributed by atoms with Gasteiger partial charge in [-0.25, -0.2) is 0 Å². The second-order valence-corrected chi connectivity index (χ2v) is 4.38. The molecule has 0 radical (unpaired) electrons. The molecule has 0 saturated heterocycles. The molecule has 0 saturated carbocycles. The molecular weight excluding hydrogens is 200 g/mol. The standard InChI is InChI=1S/C11H23ClO2/c1-10(2)6-4-3-5-7-14-11(8-12)9-13/h10-11,13H,3-9H2,1-2H3. The minimum absolute atomic E-state index is 0.0233. The Kier molecular flexibility index (Phi) is 9.90. The summed E-state index contributed by atoms with van der Waals surface area (Å²) < 4.78 is 5.37. The normalized spacial score (nSPS) is 13.5. The minimum atomic E-state index is -0.179. The van der Waals surface area contributed by atoms with Gasteiger partial charge in [0.25, 0.3) is 0 Å². The van der Waals surface area contributed by atoms with Gasteiger partial charge in [-0.1, -0.05) is 33.1 Å². The van der Waals surface area contributed by atoms with E-state index in [1.807, 2.05) is 0 Å². The molecule has 3 heteroatoms. The summed E-state index contributed by atoms with van der Waals surface area (Å²) in [6.07, 6.45) is 4.66. The molecule has 1 atom stereocenters. The minimum Gasteiger partial charge on any atom is -0.394 e. The Bertz CT molecular complexity index is 114. The number of ether oxygens (including phenoxy) is 1. The first-order valence-electron chi connectivity index (χ1n) is 5.49. The van der Waals surface area contributed by atoms with Crippen LogP contribution in [0.3, 0.4) is 0 Å². The van der Waals surface area contributed by atoms with Gasteiger partial charge in [-0.15, -0.1) is 11.6 Å². The summed E-state index contributed by atoms with van der Waals surface area (Å²) in [6.45, 7) is 5.23. The smallest absolute Gasteiger partial charge is 0.0940 e. The molecule has 0 amide bonds. The van der Waals surface area contributed by atoms with E-state index in [2.05, 4.69) is 13.8 Å². The van der Waals surface area contributed by atoms with Crippen molar-refractivity contribution in [3.8, 4) is 0 Å². The molecule has 14 heavy (non-hydrogen) atoms. The number of unbranched alkanes of at least 4 members (excludes halogenated alkanes) is 2. The van der Waals surface area contributed by atoms with Crippen LogP contribution in [-0.2, 0) is 4.74 Å². The summed E-state index contributed by atoms with van der Waals surface area (Å²) in [5.74, 6) is 1.17. The highest BCUT2D eigenvalue weighted by Crippen LogP contribution is 2.08. The Morgan fingerprint density at radius 3 is 2.43 bits per heavy atom. The van der Waals surface area contributed by atoms with Gasteiger partial charge in [0.15, 0.2) is 0 Å². The Hall–Kier alpha value is 0.210. The molecule has 0 aliphatic carbocycles. The second kappa shape index (κ2) is 9.75. The molecule has 0 fully saturated rings. The fourth-order valence-corrected chi connectivity index (χ4v) is 1.41. The zero-order valence-corrected chi connectivity index (χ0v) is 10.1. The molecular formula is C11H23ClO2. The molecule has 0 aromatic carbocycles. The van der Waals surface area contributed by atoms with Crippen molar-refractivity contribution in [2.24, 2.45) is 5.92 Å². The number of aliphatic hydroxyl groups excluding tert-OH is 1. The third-order valence-electron chi connectivity index (χ3n) is 2.16. The largest absolute Gasteiger partial charge is 0.394 e. The summed E-state index contributed by atoms with van der Waals surface area (Å²) in [4.78, 5) is 0. The average molecular weight is 223 g/mol. The Morgan fingerprint density at radius 2 is 1.93 bits per heavy atom. The topological polar surface area (TPSA) is 29.5 Å². The first-order valence-corrected chi connectivity index (χ1v) is 6.02. The molecule has 2 nitrogen and oxygen atoms in total. The first-order chi connectivity index (χ1) is 6.70. The van der Waals surface area contributed by atoms with E-state index in [9.17, 15) is 0 Å². The quantitative estimate of drug-likeness (QED) is 0.480. The number of rotatable bonds is 9. The van der Waals surface area contributed by atoms with Crippen molar-refractivity contribution in [2.45, 2.75) is 45.6 Å². The third-order valence-corrected chi connectivity index (χ3v) is 2.50. The maximum atomic E-state index is 8.79. The Balaban J connectivity index is 3.12. The van der Waals surface area contributed by atoms with Crippen molar-refractivity contribution in [2.75, 3.05) is 19.1 Å². The van der Waals surface area contributed by atoms with Crippen LogP contribution in [0.4, 0.5) is 0 Å². The van der Waals surface area contributed by atoms with Crippen molar-refractivity contribution in [3.05, 3.63) is 0 Å². The Morgan fingerprint density at radius 1 is 1.21 bits per heavy atom. The van der Waals surface area contributed by atoms with Crippen LogP contribution in [0.2, 0.25) is 0 Å². The van der Waals surface area contributed by atoms with Crippen LogP contribution in [0.5, 0.6) is 0 Å². The summed E-state index contributed by atoms with van der Waals surface area (Å²) in [6, 6.07) is 0. The number of aliphatic hydroxyl groups is 1. The van der Waals surface area contributed by atoms with Crippen molar-refractivity contribution in [3.63, 3.8) is 0 Å². The van der Waals surface area contributed by atoms with Crippen molar-refractivity contribution in [1.82, 2.24) is 0 Å². The zero-order chi connectivity index (χ0) is 10.8. The van der Waals surface area contributed by atoms with E-state index >= 15 is 0 Å². The van der Waals surface area contributed by atoms with Crippen LogP contribution < -0.4 is 0 Å². The van der Waals surface area contributed by atoms with Gasteiger partial charge < -0.3 is 9.84 Å². The van der Waals surface area contributed by atoms with Crippen LogP contribution in [0, 0.1) is 5.92 Å². The maximum Gasteiger partial charge on any atom is 0.0940 e. The first kappa shape index (κ1) is 14.2. The summed E-state index contributed by atoms with van der Waals surface area (Å²) >= 11 is 5.56. The predicted molar refractivity (Wildman–Crippen MR) is 60.9 cm³/mol. The van der Waals surface area contributed by atoms with E-state index in [1.165, 1.54) is 19.3 Å². The van der Waals surface area contributed by atoms with E-state index in [-0.39, 0.29) is 12.7 Å². The zero-order valence-electron chi connectivity index (χ0n) is 9.34. The van der Waals surface area contributed by atoms with Crippen LogP contribution >= 0.6 is 11.6 Å². The summed E-state index contributed by atoms with van der Waals surface area (Å²) in [5.41, 5.74) is 0. The van der Waals surface area contributed by atoms with E-state index in [4.69, 9.17) is 21.4 Å². The van der Waals surface area contributed by atoms with E-state index in [0.29, 0.717) is 5.88 Å². The van der Waals surface area contributed by atoms with Gasteiger partial charge >= 0.3 is 0 Å². The van der Waals surface area contributed by atoms with Crippen LogP contribution in [0.25, 0.3) is 0 Å². The molecule has 0 bridgehead atoms. The lowest BCUT2D eigenvalue weighted by atomic mass is 10.1. The maximum absolute atomic E-state index is 8.79. The average Bonchev–Trinajstić information content (AvgIpc) is 2.16. The van der Waals surface area contributed by atoms with Gasteiger partial charge in [-0.05, 0) is 12.3 Å². The number of alkyl halides is 1. The SMILES string of the molecule is CC(C)CCCCCOC(CO)CCl. The van der Waals surface area contributed by atoms with E-state index in [0.717, 1.165) is 18.9 Å². The van der Waals surface area contributed by atoms with E-state index in [1.54, 1.807) is 0 Å². The summed E-state index contributed by atoms with van der Waals surface area (Å²) in [7, 11) is 0. The molecule has 0 aromatic rings. The van der Waals surface area contributed by atoms with Crippen molar-refractivity contribution in [1.29, 1.82) is 0 Å². The lowest BCUT2D eigenvalue weighted by molar-refractivity contribution is 0.0252. The molecule has 1 N–H and O–H groups in total. The van der Waals surface area contributed by atoms with Gasteiger partial charge in [0.1, 0.15) is 0 Å². The van der Waals surface area contributed by atoms with Gasteiger partial charge in [0.05, 0.1) is 18.6 Å². The fourth-order valence-electron chi connectivity index (χ4n) is 1.23. The van der Waals surface area contributed by atoms with Crippen LogP contribution in [-0.4, -0.2) is 30.3 Å². The van der Waals surface area contributed by atoms with Gasteiger partial charge in [-0.2, -0.15) is 0 Å². The molecule has 0 spiro atoms. The van der Waals surface area contributed by atoms with Crippen LogP contribution in [0.15, 0.2) is 0 Å². The van der Waals surface area contributed by atoms with Crippen molar-refractivity contribution >= 4 is 11.6 Å². The lowest BCUT2D eigenvalue weighted by Gasteiger charge is -2.11. The number of halogens is 1. The highest BCUT2D eigenvalue weighted by Gasteiger charge is 2.04. The molecule has 0 rings (SSSR count). The molecule has 86 valence electrons. The molecule has 0 heterocycles. The molecule has 1 unspecified atom stereocenters. The fraction of sp³-hybridized carbons (Fsp3) is 1.00. The number of hydrogen-bond donors (Lipinski definition) is 1. The molecule has 0 aliphatic rings. The monoisotopic (exact) mass is 222 g/mol. The predicted octanol–water partition coefficient (Wildman–Crippen LogP) is 2.82.